The average Bonchev–Trinajstić information content (AvgIpc) is 2.34. The van der Waals surface area contributed by atoms with E-state index in [4.69, 9.17) is 4.18 Å². The van der Waals surface area contributed by atoms with E-state index in [2.05, 4.69) is 18.7 Å². The van der Waals surface area contributed by atoms with Gasteiger partial charge in [0.2, 0.25) is 0 Å². The molecule has 118 valence electrons. The van der Waals surface area contributed by atoms with Crippen molar-refractivity contribution in [2.75, 3.05) is 33.0 Å². The lowest BCUT2D eigenvalue weighted by Gasteiger charge is -2.60. The molecule has 3 fully saturated rings. The van der Waals surface area contributed by atoms with Crippen LogP contribution in [-0.2, 0) is 14.3 Å². The third kappa shape index (κ3) is 3.74. The summed E-state index contributed by atoms with van der Waals surface area (Å²) in [6.07, 6.45) is 6.54. The molecule has 0 spiro atoms. The van der Waals surface area contributed by atoms with Crippen LogP contribution in [0.5, 0.6) is 0 Å². The lowest BCUT2D eigenvalue weighted by molar-refractivity contribution is -0.108. The molecule has 0 aromatic carbocycles. The van der Waals surface area contributed by atoms with Gasteiger partial charge in [0, 0.05) is 6.54 Å². The normalized spacial score (nSPS) is 32.1. The van der Waals surface area contributed by atoms with E-state index >= 15 is 0 Å². The predicted octanol–water partition coefficient (Wildman–Crippen LogP) is 2.36. The molecule has 0 unspecified atom stereocenters. The van der Waals surface area contributed by atoms with Crippen molar-refractivity contribution in [2.24, 2.45) is 23.2 Å². The highest BCUT2D eigenvalue weighted by molar-refractivity contribution is 7.85. The standard InChI is InChI=1S/C15H29NO3S/c1-15(2)13-6-5-12(14(15)11-13)7-8-16(3)9-10-19-20(4,17)18/h12-14H,5-11H2,1-4H3/t12-,13-,14-/m0/s1. The lowest BCUT2D eigenvalue weighted by Crippen LogP contribution is -2.52. The number of rotatable bonds is 7. The van der Waals surface area contributed by atoms with Crippen LogP contribution in [0.4, 0.5) is 0 Å². The zero-order valence-electron chi connectivity index (χ0n) is 13.3. The molecule has 0 saturated heterocycles. The summed E-state index contributed by atoms with van der Waals surface area (Å²) in [5.74, 6) is 2.72. The fraction of sp³-hybridized carbons (Fsp3) is 1.00. The maximum Gasteiger partial charge on any atom is 0.264 e. The van der Waals surface area contributed by atoms with Gasteiger partial charge in [0.25, 0.3) is 10.1 Å². The van der Waals surface area contributed by atoms with Crippen LogP contribution >= 0.6 is 0 Å². The van der Waals surface area contributed by atoms with Gasteiger partial charge in [-0.25, -0.2) is 0 Å². The minimum Gasteiger partial charge on any atom is -0.304 e. The van der Waals surface area contributed by atoms with Gasteiger partial charge in [0.05, 0.1) is 12.9 Å². The Balaban J connectivity index is 1.67. The van der Waals surface area contributed by atoms with Gasteiger partial charge in [-0.1, -0.05) is 13.8 Å². The molecule has 0 aromatic rings. The second-order valence-corrected chi connectivity index (χ2v) is 8.96. The van der Waals surface area contributed by atoms with Crippen LogP contribution in [0.1, 0.15) is 39.5 Å². The molecule has 20 heavy (non-hydrogen) atoms. The first kappa shape index (κ1) is 16.2. The second kappa shape index (κ2) is 5.93. The van der Waals surface area contributed by atoms with Crippen molar-refractivity contribution < 1.29 is 12.6 Å². The lowest BCUT2D eigenvalue weighted by atomic mass is 9.45. The summed E-state index contributed by atoms with van der Waals surface area (Å²) in [5, 5.41) is 0. The monoisotopic (exact) mass is 303 g/mol. The number of fused-ring (bicyclic) bond motifs is 2. The van der Waals surface area contributed by atoms with Crippen LogP contribution in [-0.4, -0.2) is 46.3 Å². The van der Waals surface area contributed by atoms with Crippen LogP contribution in [0.2, 0.25) is 0 Å². The molecule has 0 aromatic heterocycles. The van der Waals surface area contributed by atoms with E-state index in [-0.39, 0.29) is 6.61 Å². The molecule has 2 bridgehead atoms. The van der Waals surface area contributed by atoms with Crippen molar-refractivity contribution in [3.63, 3.8) is 0 Å². The Kier molecular flexibility index (Phi) is 4.82. The van der Waals surface area contributed by atoms with Crippen molar-refractivity contribution in [2.45, 2.75) is 39.5 Å². The fourth-order valence-corrected chi connectivity index (χ4v) is 4.53. The molecule has 3 aliphatic carbocycles. The van der Waals surface area contributed by atoms with Crippen LogP contribution < -0.4 is 0 Å². The minimum atomic E-state index is -3.30. The predicted molar refractivity (Wildman–Crippen MR) is 81.0 cm³/mol. The van der Waals surface area contributed by atoms with Gasteiger partial charge in [-0.2, -0.15) is 8.42 Å². The summed E-state index contributed by atoms with van der Waals surface area (Å²) < 4.78 is 26.6. The molecule has 5 heteroatoms. The molecular formula is C15H29NO3S. The first-order valence-electron chi connectivity index (χ1n) is 7.73. The number of hydrogen-bond acceptors (Lipinski definition) is 4. The Morgan fingerprint density at radius 3 is 2.50 bits per heavy atom. The van der Waals surface area contributed by atoms with Gasteiger partial charge in [0.1, 0.15) is 0 Å². The Labute approximate surface area is 124 Å². The van der Waals surface area contributed by atoms with Crippen molar-refractivity contribution >= 4 is 10.1 Å². The fourth-order valence-electron chi connectivity index (χ4n) is 4.15. The topological polar surface area (TPSA) is 46.6 Å². The van der Waals surface area contributed by atoms with E-state index in [9.17, 15) is 8.42 Å². The van der Waals surface area contributed by atoms with Gasteiger partial charge < -0.3 is 4.90 Å². The number of hydrogen-bond donors (Lipinski definition) is 0. The minimum absolute atomic E-state index is 0.261. The maximum atomic E-state index is 10.9. The smallest absolute Gasteiger partial charge is 0.264 e. The summed E-state index contributed by atoms with van der Waals surface area (Å²) in [7, 11) is -1.25. The van der Waals surface area contributed by atoms with Crippen molar-refractivity contribution in [1.29, 1.82) is 0 Å². The maximum absolute atomic E-state index is 10.9. The Hall–Kier alpha value is -0.130. The first-order valence-corrected chi connectivity index (χ1v) is 9.55. The highest BCUT2D eigenvalue weighted by Crippen LogP contribution is 2.61. The molecule has 3 rings (SSSR count). The molecule has 0 N–H and O–H groups in total. The molecule has 4 nitrogen and oxygen atoms in total. The third-order valence-electron chi connectivity index (χ3n) is 5.65. The molecule has 3 saturated carbocycles. The van der Waals surface area contributed by atoms with Gasteiger partial charge in [-0.05, 0) is 62.4 Å². The van der Waals surface area contributed by atoms with Gasteiger partial charge in [-0.15, -0.1) is 0 Å². The molecule has 0 radical (unpaired) electrons. The average molecular weight is 303 g/mol. The summed E-state index contributed by atoms with van der Waals surface area (Å²) in [6.45, 7) is 6.84. The van der Waals surface area contributed by atoms with Crippen molar-refractivity contribution in [3.05, 3.63) is 0 Å². The molecule has 0 amide bonds. The van der Waals surface area contributed by atoms with E-state index < -0.39 is 10.1 Å². The highest BCUT2D eigenvalue weighted by atomic mass is 32.2. The van der Waals surface area contributed by atoms with E-state index in [1.165, 1.54) is 25.7 Å². The summed E-state index contributed by atoms with van der Waals surface area (Å²) in [6, 6.07) is 0. The van der Waals surface area contributed by atoms with E-state index in [0.717, 1.165) is 30.6 Å². The van der Waals surface area contributed by atoms with E-state index in [0.29, 0.717) is 12.0 Å². The van der Waals surface area contributed by atoms with Gasteiger partial charge in [0.15, 0.2) is 0 Å². The number of likely N-dealkylation sites (N-methyl/N-ethyl adjacent to an activating group) is 1. The van der Waals surface area contributed by atoms with Gasteiger partial charge in [-0.3, -0.25) is 4.18 Å². The summed E-state index contributed by atoms with van der Waals surface area (Å²) in [4.78, 5) is 2.18. The summed E-state index contributed by atoms with van der Waals surface area (Å²) in [5.41, 5.74) is 0.556. The van der Waals surface area contributed by atoms with Crippen LogP contribution in [0.3, 0.4) is 0 Å². The first-order chi connectivity index (χ1) is 9.20. The molecule has 3 atom stereocenters. The second-order valence-electron chi connectivity index (χ2n) is 7.32. The largest absolute Gasteiger partial charge is 0.304 e. The SMILES string of the molecule is CN(CCOS(C)(=O)=O)CC[C@@H]1CC[C@H]2C[C@@H]1C2(C)C. The van der Waals surface area contributed by atoms with Crippen molar-refractivity contribution in [1.82, 2.24) is 4.90 Å². The number of nitrogens with zero attached hydrogens (tertiary/aromatic N) is 1. The molecule has 0 heterocycles. The Morgan fingerprint density at radius 1 is 1.25 bits per heavy atom. The quantitative estimate of drug-likeness (QED) is 0.677. The molecular weight excluding hydrogens is 274 g/mol. The Morgan fingerprint density at radius 2 is 1.95 bits per heavy atom. The van der Waals surface area contributed by atoms with Crippen LogP contribution in [0.15, 0.2) is 0 Å². The van der Waals surface area contributed by atoms with Crippen LogP contribution in [0.25, 0.3) is 0 Å². The van der Waals surface area contributed by atoms with E-state index in [1.54, 1.807) is 0 Å². The molecule has 3 aliphatic rings. The molecule has 0 aliphatic heterocycles. The van der Waals surface area contributed by atoms with E-state index in [1.807, 2.05) is 7.05 Å². The highest BCUT2D eigenvalue weighted by Gasteiger charge is 2.53. The Bertz CT molecular complexity index is 430. The third-order valence-corrected chi connectivity index (χ3v) is 6.25. The van der Waals surface area contributed by atoms with Gasteiger partial charge >= 0.3 is 0 Å². The van der Waals surface area contributed by atoms with Crippen molar-refractivity contribution in [3.8, 4) is 0 Å². The zero-order valence-corrected chi connectivity index (χ0v) is 14.1. The zero-order chi connectivity index (χ0) is 15.0. The summed E-state index contributed by atoms with van der Waals surface area (Å²) >= 11 is 0. The van der Waals surface area contributed by atoms with Crippen LogP contribution in [0, 0.1) is 23.2 Å².